The highest BCUT2D eigenvalue weighted by molar-refractivity contribution is 6.23. The van der Waals surface area contributed by atoms with E-state index in [0.717, 1.165) is 22.1 Å². The number of rotatable bonds is 0. The molecule has 4 N–H and O–H groups in total. The molecule has 0 aromatic rings. The first kappa shape index (κ1) is 6.65. The first-order valence-electron chi connectivity index (χ1n) is 3.44. The first-order chi connectivity index (χ1) is 5.27. The van der Waals surface area contributed by atoms with Gasteiger partial charge in [-0.1, -0.05) is 0 Å². The molecule has 5 heteroatoms. The SMILES string of the molecule is NC1=CNC2=C[C]([AlH2])=CNN12. The lowest BCUT2D eigenvalue weighted by Crippen LogP contribution is -2.37. The molecule has 0 saturated carbocycles. The van der Waals surface area contributed by atoms with Gasteiger partial charge in [0.15, 0.2) is 0 Å². The summed E-state index contributed by atoms with van der Waals surface area (Å²) >= 11 is 1.05. The third-order valence-corrected chi connectivity index (χ3v) is 2.23. The maximum absolute atomic E-state index is 5.64. The molecule has 0 spiro atoms. The van der Waals surface area contributed by atoms with E-state index in [4.69, 9.17) is 5.73 Å². The predicted octanol–water partition coefficient (Wildman–Crippen LogP) is -1.52. The van der Waals surface area contributed by atoms with E-state index in [1.807, 2.05) is 6.20 Å². The van der Waals surface area contributed by atoms with Crippen LogP contribution in [0.5, 0.6) is 0 Å². The molecule has 2 aliphatic rings. The van der Waals surface area contributed by atoms with Crippen molar-refractivity contribution in [2.75, 3.05) is 0 Å². The zero-order valence-electron chi connectivity index (χ0n) is 6.26. The van der Waals surface area contributed by atoms with E-state index in [1.165, 1.54) is 4.44 Å². The lowest BCUT2D eigenvalue weighted by molar-refractivity contribution is 0.359. The van der Waals surface area contributed by atoms with Crippen molar-refractivity contribution in [3.05, 3.63) is 34.6 Å². The third-order valence-electron chi connectivity index (χ3n) is 1.65. The van der Waals surface area contributed by atoms with E-state index in [0.29, 0.717) is 5.82 Å². The fraction of sp³-hybridized carbons (Fsp3) is 0. The molecule has 2 aliphatic heterocycles. The highest BCUT2D eigenvalue weighted by Crippen LogP contribution is 2.14. The molecule has 0 radical (unpaired) electrons. The van der Waals surface area contributed by atoms with Gasteiger partial charge in [0.05, 0.1) is 0 Å². The zero-order chi connectivity index (χ0) is 7.84. The molecule has 0 saturated heterocycles. The highest BCUT2D eigenvalue weighted by atomic mass is 27.0. The van der Waals surface area contributed by atoms with Crippen molar-refractivity contribution in [3.8, 4) is 0 Å². The van der Waals surface area contributed by atoms with Gasteiger partial charge in [-0.3, -0.25) is 5.43 Å². The monoisotopic (exact) mass is 164 g/mol. The van der Waals surface area contributed by atoms with Gasteiger partial charge >= 0.3 is 0 Å². The Kier molecular flexibility index (Phi) is 1.34. The molecule has 2 heterocycles. The minimum atomic E-state index is 0.696. The van der Waals surface area contributed by atoms with Gasteiger partial charge < -0.3 is 11.1 Å². The summed E-state index contributed by atoms with van der Waals surface area (Å²) in [7, 11) is 0. The number of hydrogen-bond acceptors (Lipinski definition) is 4. The Hall–Kier alpha value is -1.05. The van der Waals surface area contributed by atoms with Gasteiger partial charge in [-0.15, -0.1) is 4.44 Å². The average molecular weight is 164 g/mol. The maximum Gasteiger partial charge on any atom is 0.261 e. The van der Waals surface area contributed by atoms with Gasteiger partial charge in [0.2, 0.25) is 0 Å². The second-order valence-corrected chi connectivity index (χ2v) is 3.75. The second-order valence-electron chi connectivity index (χ2n) is 2.60. The highest BCUT2D eigenvalue weighted by Gasteiger charge is 2.18. The molecule has 2 rings (SSSR count). The van der Waals surface area contributed by atoms with Crippen LogP contribution in [0.2, 0.25) is 0 Å². The molecule has 4 nitrogen and oxygen atoms in total. The molecule has 0 unspecified atom stereocenters. The Morgan fingerprint density at radius 3 is 3.09 bits per heavy atom. The number of nitrogens with zero attached hydrogens (tertiary/aromatic N) is 1. The van der Waals surface area contributed by atoms with Crippen LogP contribution in [0.3, 0.4) is 0 Å². The van der Waals surface area contributed by atoms with E-state index in [-0.39, 0.29) is 0 Å². The summed E-state index contributed by atoms with van der Waals surface area (Å²) in [6.07, 6.45) is 5.81. The summed E-state index contributed by atoms with van der Waals surface area (Å²) in [5.74, 6) is 1.71. The summed E-state index contributed by atoms with van der Waals surface area (Å²) in [6, 6.07) is 0. The van der Waals surface area contributed by atoms with Gasteiger partial charge in [0, 0.05) is 12.4 Å². The lowest BCUT2D eigenvalue weighted by Gasteiger charge is -2.24. The Balaban J connectivity index is 2.29. The molecule has 0 bridgehead atoms. The van der Waals surface area contributed by atoms with Crippen molar-refractivity contribution in [3.63, 3.8) is 0 Å². The van der Waals surface area contributed by atoms with Crippen molar-refractivity contribution in [1.82, 2.24) is 15.8 Å². The topological polar surface area (TPSA) is 53.3 Å². The molecule has 0 aromatic carbocycles. The molecule has 56 valence electrons. The van der Waals surface area contributed by atoms with Gasteiger partial charge in [0.1, 0.15) is 11.6 Å². The lowest BCUT2D eigenvalue weighted by atomic mass is 10.4. The maximum atomic E-state index is 5.64. The van der Waals surface area contributed by atoms with Gasteiger partial charge in [0.25, 0.3) is 16.3 Å². The standard InChI is InChI=1S/C6H7N4.Al.2H/c7-5-4-8-6-2-1-3-9-10(5)6;;;/h2-4,8-9H,7H2;;;. The predicted molar refractivity (Wildman–Crippen MR) is 45.1 cm³/mol. The van der Waals surface area contributed by atoms with Gasteiger partial charge in [-0.05, 0) is 6.08 Å². The van der Waals surface area contributed by atoms with Crippen LogP contribution in [0, 0.1) is 0 Å². The van der Waals surface area contributed by atoms with E-state index in [9.17, 15) is 0 Å². The fourth-order valence-electron chi connectivity index (χ4n) is 1.09. The van der Waals surface area contributed by atoms with E-state index < -0.39 is 0 Å². The van der Waals surface area contributed by atoms with Crippen LogP contribution in [0.25, 0.3) is 0 Å². The zero-order valence-corrected chi connectivity index (χ0v) is 8.26. The van der Waals surface area contributed by atoms with Crippen LogP contribution in [0.4, 0.5) is 0 Å². The van der Waals surface area contributed by atoms with Gasteiger partial charge in [-0.25, -0.2) is 5.01 Å². The Morgan fingerprint density at radius 2 is 2.27 bits per heavy atom. The molecule has 0 amide bonds. The van der Waals surface area contributed by atoms with E-state index in [2.05, 4.69) is 16.8 Å². The van der Waals surface area contributed by atoms with Crippen molar-refractivity contribution in [2.45, 2.75) is 0 Å². The summed E-state index contributed by atoms with van der Waals surface area (Å²) in [5, 5.41) is 4.86. The number of fused-ring (bicyclic) bond motifs is 1. The normalized spacial score (nSPS) is 20.7. The summed E-state index contributed by atoms with van der Waals surface area (Å²) in [4.78, 5) is 0. The Labute approximate surface area is 72.8 Å². The molecule has 11 heavy (non-hydrogen) atoms. The first-order valence-corrected chi connectivity index (χ1v) is 4.44. The Bertz CT molecular complexity index is 278. The number of nitrogens with two attached hydrogens (primary N) is 1. The van der Waals surface area contributed by atoms with E-state index >= 15 is 0 Å². The summed E-state index contributed by atoms with van der Waals surface area (Å²) in [5.41, 5.74) is 8.70. The van der Waals surface area contributed by atoms with Crippen LogP contribution in [0.15, 0.2) is 34.6 Å². The Morgan fingerprint density at radius 1 is 1.45 bits per heavy atom. The molecule has 0 aliphatic carbocycles. The quantitative estimate of drug-likeness (QED) is 0.381. The van der Waals surface area contributed by atoms with Gasteiger partial charge in [-0.2, -0.15) is 0 Å². The fourth-order valence-corrected chi connectivity index (χ4v) is 1.49. The largest absolute Gasteiger partial charge is 0.382 e. The second kappa shape index (κ2) is 2.22. The van der Waals surface area contributed by atoms with Crippen LogP contribution >= 0.6 is 0 Å². The molecular formula is C6H9AlN4. The van der Waals surface area contributed by atoms with E-state index in [1.54, 1.807) is 11.2 Å². The molecule has 0 aromatic heterocycles. The van der Waals surface area contributed by atoms with Crippen LogP contribution in [-0.2, 0) is 0 Å². The summed E-state index contributed by atoms with van der Waals surface area (Å²) < 4.78 is 1.31. The van der Waals surface area contributed by atoms with Crippen LogP contribution in [0.1, 0.15) is 0 Å². The average Bonchev–Trinajstić information content (AvgIpc) is 2.32. The molecule has 0 atom stereocenters. The molecule has 0 fully saturated rings. The van der Waals surface area contributed by atoms with Crippen molar-refractivity contribution >= 4 is 16.3 Å². The number of nitrogens with one attached hydrogen (secondary N) is 2. The minimum Gasteiger partial charge on any atom is -0.382 e. The summed E-state index contributed by atoms with van der Waals surface area (Å²) in [6.45, 7) is 0. The number of hydrazine groups is 1. The number of allylic oxidation sites excluding steroid dienone is 2. The van der Waals surface area contributed by atoms with Crippen LogP contribution < -0.4 is 16.5 Å². The van der Waals surface area contributed by atoms with Crippen LogP contribution in [-0.4, -0.2) is 21.3 Å². The van der Waals surface area contributed by atoms with Crippen molar-refractivity contribution in [2.24, 2.45) is 5.73 Å². The third kappa shape index (κ3) is 0.986. The van der Waals surface area contributed by atoms with Crippen molar-refractivity contribution < 1.29 is 0 Å². The number of hydrogen-bond donors (Lipinski definition) is 3. The minimum absolute atomic E-state index is 0.696. The van der Waals surface area contributed by atoms with Crippen molar-refractivity contribution in [1.29, 1.82) is 0 Å². The molecular weight excluding hydrogens is 155 g/mol. The smallest absolute Gasteiger partial charge is 0.261 e.